The van der Waals surface area contributed by atoms with Gasteiger partial charge in [0.25, 0.3) is 5.56 Å². The number of halogens is 3. The first-order valence-corrected chi connectivity index (χ1v) is 12.2. The van der Waals surface area contributed by atoms with Crippen molar-refractivity contribution in [2.75, 3.05) is 18.0 Å². The average molecular weight is 507 g/mol. The summed E-state index contributed by atoms with van der Waals surface area (Å²) in [4.78, 5) is 29.2. The van der Waals surface area contributed by atoms with Crippen LogP contribution < -0.4 is 15.8 Å². The van der Waals surface area contributed by atoms with E-state index in [2.05, 4.69) is 40.2 Å². The van der Waals surface area contributed by atoms with Crippen LogP contribution in [0.4, 0.5) is 19.0 Å². The molecule has 36 heavy (non-hydrogen) atoms. The summed E-state index contributed by atoms with van der Waals surface area (Å²) in [5.74, 6) is 0.723. The lowest BCUT2D eigenvalue weighted by Gasteiger charge is -2.23. The van der Waals surface area contributed by atoms with Crippen molar-refractivity contribution in [1.82, 2.24) is 20.5 Å². The molecule has 11 heteroatoms. The van der Waals surface area contributed by atoms with Crippen LogP contribution >= 0.6 is 0 Å². The molecule has 2 aromatic heterocycles. The van der Waals surface area contributed by atoms with Crippen molar-refractivity contribution in [3.05, 3.63) is 51.1 Å². The number of nitriles is 1. The average Bonchev–Trinajstić information content (AvgIpc) is 3.25. The lowest BCUT2D eigenvalue weighted by Crippen LogP contribution is -2.29. The van der Waals surface area contributed by atoms with E-state index in [1.807, 2.05) is 17.2 Å². The minimum Gasteiger partial charge on any atom is -0.357 e. The number of aromatic amines is 1. The standard InChI is InChI=1S/C14H21N3.C11H12F3N3O2/c1-3-5-6-10-17(9-4-2)14-8-7-13(11-15)12-16-14;1-2-7(18)15-6-4-3-5-8(11(12,13)14)10(19)17-16-9(5)6/h7-8,12H,3-6,9-10H2,1-2H3;6H,2-4H2,1H3,(H,15,18)(H,17,19). The second-order valence-electron chi connectivity index (χ2n) is 8.51. The number of alkyl halides is 3. The van der Waals surface area contributed by atoms with Crippen LogP contribution in [0.25, 0.3) is 0 Å². The number of anilines is 1. The molecule has 0 spiro atoms. The summed E-state index contributed by atoms with van der Waals surface area (Å²) in [6, 6.07) is 5.31. The summed E-state index contributed by atoms with van der Waals surface area (Å²) in [5.41, 5.74) is -1.83. The van der Waals surface area contributed by atoms with E-state index < -0.39 is 23.3 Å². The summed E-state index contributed by atoms with van der Waals surface area (Å²) in [5, 5.41) is 16.8. The Labute approximate surface area is 208 Å². The van der Waals surface area contributed by atoms with Gasteiger partial charge in [0.1, 0.15) is 17.5 Å². The van der Waals surface area contributed by atoms with E-state index in [9.17, 15) is 22.8 Å². The molecule has 1 aliphatic carbocycles. The number of nitrogens with zero attached hydrogens (tertiary/aromatic N) is 4. The smallest absolute Gasteiger partial charge is 0.357 e. The van der Waals surface area contributed by atoms with Crippen LogP contribution in [0, 0.1) is 11.3 Å². The molecule has 3 rings (SSSR count). The second kappa shape index (κ2) is 13.6. The summed E-state index contributed by atoms with van der Waals surface area (Å²) in [7, 11) is 0. The third kappa shape index (κ3) is 7.80. The van der Waals surface area contributed by atoms with Gasteiger partial charge in [0.2, 0.25) is 5.91 Å². The van der Waals surface area contributed by atoms with Gasteiger partial charge >= 0.3 is 6.18 Å². The predicted octanol–water partition coefficient (Wildman–Crippen LogP) is 4.66. The van der Waals surface area contributed by atoms with Gasteiger partial charge in [-0.25, -0.2) is 10.1 Å². The zero-order valence-electron chi connectivity index (χ0n) is 20.9. The molecule has 0 aromatic carbocycles. The van der Waals surface area contributed by atoms with Gasteiger partial charge < -0.3 is 10.2 Å². The zero-order valence-corrected chi connectivity index (χ0v) is 20.9. The molecule has 2 N–H and O–H groups in total. The maximum Gasteiger partial charge on any atom is 0.422 e. The molecule has 2 aromatic rings. The number of aromatic nitrogens is 3. The Hall–Kier alpha value is -3.42. The normalized spacial score (nSPS) is 14.3. The number of rotatable bonds is 9. The number of pyridine rings is 1. The van der Waals surface area contributed by atoms with Crippen LogP contribution in [0.3, 0.4) is 0 Å². The second-order valence-corrected chi connectivity index (χ2v) is 8.51. The van der Waals surface area contributed by atoms with Crippen LogP contribution in [-0.4, -0.2) is 34.2 Å². The number of amides is 1. The molecular weight excluding hydrogens is 473 g/mol. The van der Waals surface area contributed by atoms with E-state index >= 15 is 0 Å². The van der Waals surface area contributed by atoms with Crippen molar-refractivity contribution in [1.29, 1.82) is 5.26 Å². The first kappa shape index (κ1) is 28.8. The third-order valence-corrected chi connectivity index (χ3v) is 5.79. The van der Waals surface area contributed by atoms with Crippen molar-refractivity contribution in [2.45, 2.75) is 77.9 Å². The van der Waals surface area contributed by atoms with Gasteiger partial charge in [0.05, 0.1) is 17.3 Å². The third-order valence-electron chi connectivity index (χ3n) is 5.79. The Kier molecular flexibility index (Phi) is 10.9. The monoisotopic (exact) mass is 506 g/mol. The molecule has 0 fully saturated rings. The molecule has 196 valence electrons. The summed E-state index contributed by atoms with van der Waals surface area (Å²) in [6.07, 6.45) is 2.39. The molecule has 0 saturated carbocycles. The van der Waals surface area contributed by atoms with E-state index in [0.717, 1.165) is 25.3 Å². The van der Waals surface area contributed by atoms with Gasteiger partial charge in [0.15, 0.2) is 0 Å². The van der Waals surface area contributed by atoms with Gasteiger partial charge in [-0.3, -0.25) is 9.59 Å². The largest absolute Gasteiger partial charge is 0.422 e. The maximum absolute atomic E-state index is 12.8. The van der Waals surface area contributed by atoms with E-state index in [0.29, 0.717) is 12.0 Å². The lowest BCUT2D eigenvalue weighted by atomic mass is 10.1. The Morgan fingerprint density at radius 2 is 1.97 bits per heavy atom. The Balaban J connectivity index is 0.000000255. The number of carbonyl (C=O) groups excluding carboxylic acids is 1. The lowest BCUT2D eigenvalue weighted by molar-refractivity contribution is -0.139. The van der Waals surface area contributed by atoms with Crippen LogP contribution in [0.15, 0.2) is 23.1 Å². The van der Waals surface area contributed by atoms with Gasteiger partial charge in [-0.1, -0.05) is 33.6 Å². The van der Waals surface area contributed by atoms with Gasteiger partial charge in [-0.05, 0) is 43.4 Å². The fourth-order valence-corrected chi connectivity index (χ4v) is 4.01. The molecule has 1 aliphatic rings. The highest BCUT2D eigenvalue weighted by molar-refractivity contribution is 5.76. The molecule has 1 atom stereocenters. The first-order valence-electron chi connectivity index (χ1n) is 12.2. The minimum absolute atomic E-state index is 0.0791. The Bertz CT molecular complexity index is 1090. The van der Waals surface area contributed by atoms with Crippen molar-refractivity contribution in [3.8, 4) is 6.07 Å². The maximum atomic E-state index is 12.8. The first-order chi connectivity index (χ1) is 17.2. The van der Waals surface area contributed by atoms with E-state index in [-0.39, 0.29) is 30.0 Å². The molecule has 0 saturated heterocycles. The molecule has 0 bridgehead atoms. The molecule has 0 aliphatic heterocycles. The van der Waals surface area contributed by atoms with E-state index in [1.165, 1.54) is 19.3 Å². The number of hydrogen-bond donors (Lipinski definition) is 2. The topological polar surface area (TPSA) is 115 Å². The number of hydrogen-bond acceptors (Lipinski definition) is 6. The summed E-state index contributed by atoms with van der Waals surface area (Å²) < 4.78 is 38.5. The number of H-pyrrole nitrogens is 1. The Morgan fingerprint density at radius 3 is 2.53 bits per heavy atom. The fraction of sp³-hybridized carbons (Fsp3) is 0.560. The van der Waals surface area contributed by atoms with Crippen molar-refractivity contribution < 1.29 is 18.0 Å². The highest BCUT2D eigenvalue weighted by Gasteiger charge is 2.41. The van der Waals surface area contributed by atoms with Crippen LogP contribution in [-0.2, 0) is 17.4 Å². The molecule has 2 heterocycles. The van der Waals surface area contributed by atoms with Crippen LogP contribution in [0.2, 0.25) is 0 Å². The molecule has 1 amide bonds. The predicted molar refractivity (Wildman–Crippen MR) is 130 cm³/mol. The number of nitrogens with one attached hydrogen (secondary N) is 2. The zero-order chi connectivity index (χ0) is 26.7. The highest BCUT2D eigenvalue weighted by atomic mass is 19.4. The van der Waals surface area contributed by atoms with E-state index in [1.54, 1.807) is 13.1 Å². The highest BCUT2D eigenvalue weighted by Crippen LogP contribution is 2.37. The fourth-order valence-electron chi connectivity index (χ4n) is 4.01. The summed E-state index contributed by atoms with van der Waals surface area (Å²) >= 11 is 0. The number of fused-ring (bicyclic) bond motifs is 1. The number of unbranched alkanes of at least 4 members (excludes halogenated alkanes) is 2. The molecule has 1 unspecified atom stereocenters. The molecule has 8 nitrogen and oxygen atoms in total. The SMILES string of the molecule is CCC(=O)NC1CCc2c1n[nH]c(=O)c2C(F)(F)F.CCCCCN(CCC)c1ccc(C#N)cn1. The Morgan fingerprint density at radius 1 is 1.22 bits per heavy atom. The number of carbonyl (C=O) groups is 1. The molecule has 0 radical (unpaired) electrons. The van der Waals surface area contributed by atoms with Crippen molar-refractivity contribution in [2.24, 2.45) is 0 Å². The van der Waals surface area contributed by atoms with Gasteiger partial charge in [-0.15, -0.1) is 0 Å². The van der Waals surface area contributed by atoms with Crippen LogP contribution in [0.1, 0.15) is 87.7 Å². The quantitative estimate of drug-likeness (QED) is 0.478. The minimum atomic E-state index is -4.72. The van der Waals surface area contributed by atoms with E-state index in [4.69, 9.17) is 5.26 Å². The van der Waals surface area contributed by atoms with Crippen molar-refractivity contribution in [3.63, 3.8) is 0 Å². The van der Waals surface area contributed by atoms with Gasteiger partial charge in [-0.2, -0.15) is 23.5 Å². The van der Waals surface area contributed by atoms with Gasteiger partial charge in [0, 0.05) is 25.7 Å². The molecular formula is C25H33F3N6O2. The van der Waals surface area contributed by atoms with Crippen molar-refractivity contribution >= 4 is 11.7 Å². The van der Waals surface area contributed by atoms with Crippen LogP contribution in [0.5, 0.6) is 0 Å². The summed E-state index contributed by atoms with van der Waals surface area (Å²) in [6.45, 7) is 8.12.